The molecule has 2 rings (SSSR count). The lowest BCUT2D eigenvalue weighted by Gasteiger charge is -2.37. The minimum atomic E-state index is 0.312. The Morgan fingerprint density at radius 1 is 1.32 bits per heavy atom. The number of piperidine rings is 1. The number of ether oxygens (including phenoxy) is 1. The first-order valence-corrected chi connectivity index (χ1v) is 9.55. The number of nitrogens with zero attached hydrogens (tertiary/aromatic N) is 2. The zero-order valence-electron chi connectivity index (χ0n) is 16.5. The van der Waals surface area contributed by atoms with E-state index in [9.17, 15) is 4.79 Å². The smallest absolute Gasteiger partial charge is 0.222 e. The summed E-state index contributed by atoms with van der Waals surface area (Å²) in [7, 11) is 2.17. The van der Waals surface area contributed by atoms with Crippen molar-refractivity contribution in [2.24, 2.45) is 5.92 Å². The van der Waals surface area contributed by atoms with Crippen molar-refractivity contribution in [3.63, 3.8) is 0 Å². The van der Waals surface area contributed by atoms with Crippen molar-refractivity contribution < 1.29 is 9.53 Å². The molecule has 0 aliphatic carbocycles. The molecule has 1 aromatic rings. The van der Waals surface area contributed by atoms with Crippen LogP contribution in [0.2, 0.25) is 0 Å². The molecule has 1 aromatic carbocycles. The molecule has 0 N–H and O–H groups in total. The summed E-state index contributed by atoms with van der Waals surface area (Å²) in [5.74, 6) is 1.90. The summed E-state index contributed by atoms with van der Waals surface area (Å²) in [6.07, 6.45) is 2.74. The molecule has 1 atom stereocenters. The van der Waals surface area contributed by atoms with Crippen LogP contribution >= 0.6 is 0 Å². The van der Waals surface area contributed by atoms with E-state index in [4.69, 9.17) is 4.74 Å². The molecular weight excluding hydrogens is 312 g/mol. The Morgan fingerprint density at radius 3 is 2.80 bits per heavy atom. The third-order valence-electron chi connectivity index (χ3n) is 5.23. The third-order valence-corrected chi connectivity index (χ3v) is 5.23. The van der Waals surface area contributed by atoms with Crippen LogP contribution in [0.25, 0.3) is 0 Å². The van der Waals surface area contributed by atoms with Gasteiger partial charge in [-0.2, -0.15) is 0 Å². The molecule has 0 saturated carbocycles. The average Bonchev–Trinajstić information content (AvgIpc) is 2.56. The van der Waals surface area contributed by atoms with Crippen molar-refractivity contribution in [1.82, 2.24) is 9.80 Å². The van der Waals surface area contributed by atoms with Crippen LogP contribution in [0.4, 0.5) is 0 Å². The molecular formula is C21H34N2O2. The Morgan fingerprint density at radius 2 is 2.08 bits per heavy atom. The molecule has 0 aromatic heterocycles. The topological polar surface area (TPSA) is 32.8 Å². The molecule has 1 aliphatic rings. The molecule has 4 nitrogen and oxygen atoms in total. The Hall–Kier alpha value is -1.55. The molecule has 140 valence electrons. The van der Waals surface area contributed by atoms with Gasteiger partial charge in [0, 0.05) is 32.1 Å². The predicted molar refractivity (Wildman–Crippen MR) is 103 cm³/mol. The SMILES string of the molecule is Cc1cccc(OCCCN(C)CC2CCC(=O)N(C(C)C)C2)c1C. The van der Waals surface area contributed by atoms with Crippen LogP contribution in [0.15, 0.2) is 18.2 Å². The Labute approximate surface area is 153 Å². The summed E-state index contributed by atoms with van der Waals surface area (Å²) in [6, 6.07) is 6.53. The molecule has 25 heavy (non-hydrogen) atoms. The summed E-state index contributed by atoms with van der Waals surface area (Å²) >= 11 is 0. The quantitative estimate of drug-likeness (QED) is 0.674. The Kier molecular flexibility index (Phi) is 7.30. The van der Waals surface area contributed by atoms with Gasteiger partial charge in [-0.05, 0) is 70.7 Å². The molecule has 1 saturated heterocycles. The van der Waals surface area contributed by atoms with Gasteiger partial charge in [-0.1, -0.05) is 12.1 Å². The number of likely N-dealkylation sites (tertiary alicyclic amines) is 1. The van der Waals surface area contributed by atoms with Crippen LogP contribution < -0.4 is 4.74 Å². The zero-order chi connectivity index (χ0) is 18.4. The highest BCUT2D eigenvalue weighted by Gasteiger charge is 2.27. The fourth-order valence-corrected chi connectivity index (χ4v) is 3.52. The maximum atomic E-state index is 12.0. The van der Waals surface area contributed by atoms with E-state index in [-0.39, 0.29) is 0 Å². The maximum absolute atomic E-state index is 12.0. The van der Waals surface area contributed by atoms with Crippen molar-refractivity contribution in [1.29, 1.82) is 0 Å². The Balaban J connectivity index is 1.69. The molecule has 0 bridgehead atoms. The second kappa shape index (κ2) is 9.23. The van der Waals surface area contributed by atoms with Crippen molar-refractivity contribution >= 4 is 5.91 Å². The van der Waals surface area contributed by atoms with Gasteiger partial charge in [0.1, 0.15) is 5.75 Å². The van der Waals surface area contributed by atoms with Gasteiger partial charge in [0.15, 0.2) is 0 Å². The molecule has 1 heterocycles. The number of carbonyl (C=O) groups is 1. The van der Waals surface area contributed by atoms with Crippen LogP contribution in [-0.2, 0) is 4.79 Å². The van der Waals surface area contributed by atoms with Crippen molar-refractivity contribution in [3.05, 3.63) is 29.3 Å². The first kappa shape index (κ1) is 19.8. The van der Waals surface area contributed by atoms with E-state index in [1.54, 1.807) is 0 Å². The van der Waals surface area contributed by atoms with Crippen LogP contribution in [0.1, 0.15) is 44.2 Å². The van der Waals surface area contributed by atoms with Crippen LogP contribution in [0.5, 0.6) is 5.75 Å². The molecule has 0 radical (unpaired) electrons. The largest absolute Gasteiger partial charge is 0.493 e. The minimum Gasteiger partial charge on any atom is -0.493 e. The van der Waals surface area contributed by atoms with E-state index >= 15 is 0 Å². The van der Waals surface area contributed by atoms with Crippen molar-refractivity contribution in [2.45, 2.75) is 53.0 Å². The molecule has 0 spiro atoms. The number of benzene rings is 1. The minimum absolute atomic E-state index is 0.312. The zero-order valence-corrected chi connectivity index (χ0v) is 16.5. The second-order valence-corrected chi connectivity index (χ2v) is 7.71. The Bertz CT molecular complexity index is 571. The molecule has 1 unspecified atom stereocenters. The van der Waals surface area contributed by atoms with E-state index in [0.29, 0.717) is 24.3 Å². The van der Waals surface area contributed by atoms with Crippen LogP contribution in [0, 0.1) is 19.8 Å². The number of amides is 1. The van der Waals surface area contributed by atoms with Crippen LogP contribution in [0.3, 0.4) is 0 Å². The lowest BCUT2D eigenvalue weighted by Crippen LogP contribution is -2.46. The van der Waals surface area contributed by atoms with Gasteiger partial charge >= 0.3 is 0 Å². The normalized spacial score (nSPS) is 18.3. The maximum Gasteiger partial charge on any atom is 0.222 e. The number of rotatable bonds is 8. The highest BCUT2D eigenvalue weighted by Crippen LogP contribution is 2.21. The number of hydrogen-bond donors (Lipinski definition) is 0. The number of carbonyl (C=O) groups excluding carboxylic acids is 1. The summed E-state index contributed by atoms with van der Waals surface area (Å²) in [6.45, 7) is 12.2. The van der Waals surface area contributed by atoms with Gasteiger partial charge < -0.3 is 14.5 Å². The summed E-state index contributed by atoms with van der Waals surface area (Å²) in [4.78, 5) is 16.4. The van der Waals surface area contributed by atoms with Crippen LogP contribution in [-0.4, -0.2) is 55.0 Å². The molecule has 1 aliphatic heterocycles. The number of hydrogen-bond acceptors (Lipinski definition) is 3. The van der Waals surface area contributed by atoms with Gasteiger partial charge in [-0.3, -0.25) is 4.79 Å². The van der Waals surface area contributed by atoms with Crippen molar-refractivity contribution in [2.75, 3.05) is 33.3 Å². The first-order valence-electron chi connectivity index (χ1n) is 9.55. The predicted octanol–water partition coefficient (Wildman–Crippen LogP) is 3.65. The second-order valence-electron chi connectivity index (χ2n) is 7.71. The fourth-order valence-electron chi connectivity index (χ4n) is 3.52. The van der Waals surface area contributed by atoms with E-state index in [1.807, 2.05) is 11.0 Å². The standard InChI is InChI=1S/C21H34N2O2/c1-16(2)23-15-19(10-11-21(23)24)14-22(5)12-7-13-25-20-9-6-8-17(3)18(20)4/h6,8-9,16,19H,7,10-15H2,1-5H3. The van der Waals surface area contributed by atoms with Gasteiger partial charge in [0.05, 0.1) is 6.61 Å². The van der Waals surface area contributed by atoms with Gasteiger partial charge in [0.2, 0.25) is 5.91 Å². The summed E-state index contributed by atoms with van der Waals surface area (Å²) in [5, 5.41) is 0. The number of aryl methyl sites for hydroxylation is 1. The summed E-state index contributed by atoms with van der Waals surface area (Å²) in [5.41, 5.74) is 2.51. The van der Waals surface area contributed by atoms with Gasteiger partial charge in [-0.15, -0.1) is 0 Å². The highest BCUT2D eigenvalue weighted by molar-refractivity contribution is 5.77. The first-order chi connectivity index (χ1) is 11.9. The molecule has 4 heteroatoms. The third kappa shape index (κ3) is 5.74. The average molecular weight is 347 g/mol. The summed E-state index contributed by atoms with van der Waals surface area (Å²) < 4.78 is 5.94. The fraction of sp³-hybridized carbons (Fsp3) is 0.667. The van der Waals surface area contributed by atoms with E-state index in [2.05, 4.69) is 51.8 Å². The monoisotopic (exact) mass is 346 g/mol. The highest BCUT2D eigenvalue weighted by atomic mass is 16.5. The van der Waals surface area contributed by atoms with E-state index in [1.165, 1.54) is 11.1 Å². The molecule has 1 amide bonds. The van der Waals surface area contributed by atoms with Gasteiger partial charge in [-0.25, -0.2) is 0 Å². The van der Waals surface area contributed by atoms with Gasteiger partial charge in [0.25, 0.3) is 0 Å². The van der Waals surface area contributed by atoms with E-state index in [0.717, 1.165) is 44.8 Å². The lowest BCUT2D eigenvalue weighted by atomic mass is 9.96. The lowest BCUT2D eigenvalue weighted by molar-refractivity contribution is -0.136. The van der Waals surface area contributed by atoms with Crippen molar-refractivity contribution in [3.8, 4) is 5.75 Å². The molecule has 1 fully saturated rings. The van der Waals surface area contributed by atoms with E-state index < -0.39 is 0 Å².